The largest absolute Gasteiger partial charge is 0.493 e. The molecule has 1 atom stereocenters. The van der Waals surface area contributed by atoms with Gasteiger partial charge in [0.25, 0.3) is 11.8 Å². The summed E-state index contributed by atoms with van der Waals surface area (Å²) in [4.78, 5) is 29.8. The molecule has 2 aromatic carbocycles. The minimum Gasteiger partial charge on any atom is -0.493 e. The number of fused-ring (bicyclic) bond motifs is 1. The molecule has 2 aliphatic rings. The maximum atomic E-state index is 13.5. The van der Waals surface area contributed by atoms with E-state index in [1.54, 1.807) is 55.4 Å². The highest BCUT2D eigenvalue weighted by Crippen LogP contribution is 2.39. The third-order valence-electron chi connectivity index (χ3n) is 6.35. The summed E-state index contributed by atoms with van der Waals surface area (Å²) in [5, 5.41) is 0. The van der Waals surface area contributed by atoms with E-state index in [1.165, 1.54) is 7.11 Å². The number of benzene rings is 2. The average Bonchev–Trinajstić information content (AvgIpc) is 3.38. The number of hydrogen-bond acceptors (Lipinski definition) is 7. The van der Waals surface area contributed by atoms with Crippen LogP contribution in [0.15, 0.2) is 36.4 Å². The van der Waals surface area contributed by atoms with Crippen LogP contribution in [0.25, 0.3) is 0 Å². The minimum atomic E-state index is -3.55. The molecule has 1 saturated carbocycles. The van der Waals surface area contributed by atoms with E-state index in [0.717, 1.165) is 36.8 Å². The van der Waals surface area contributed by atoms with E-state index in [9.17, 15) is 18.0 Å². The van der Waals surface area contributed by atoms with Crippen molar-refractivity contribution in [1.29, 1.82) is 0 Å². The molecule has 4 rings (SSSR count). The van der Waals surface area contributed by atoms with Gasteiger partial charge in [0.15, 0.2) is 11.5 Å². The van der Waals surface area contributed by atoms with E-state index in [-0.39, 0.29) is 17.2 Å². The number of methoxy groups -OCH3 is 1. The Hall–Kier alpha value is -3.07. The number of sulfone groups is 1. The maximum absolute atomic E-state index is 13.5. The van der Waals surface area contributed by atoms with E-state index < -0.39 is 33.4 Å². The number of carbonyl (C=O) groups excluding carboxylic acids is 2. The Morgan fingerprint density at radius 1 is 1.06 bits per heavy atom. The molecule has 1 fully saturated rings. The van der Waals surface area contributed by atoms with Crippen molar-refractivity contribution in [2.24, 2.45) is 0 Å². The van der Waals surface area contributed by atoms with E-state index in [1.807, 2.05) is 0 Å². The molecule has 0 spiro atoms. The third-order valence-corrected chi connectivity index (χ3v) is 7.27. The van der Waals surface area contributed by atoms with E-state index in [0.29, 0.717) is 22.7 Å². The Morgan fingerprint density at radius 3 is 2.38 bits per heavy atom. The molecule has 1 aliphatic carbocycles. The fourth-order valence-corrected chi connectivity index (χ4v) is 5.64. The summed E-state index contributed by atoms with van der Waals surface area (Å²) in [6, 6.07) is 9.15. The first-order valence-corrected chi connectivity index (χ1v) is 13.4. The van der Waals surface area contributed by atoms with Crippen molar-refractivity contribution in [2.75, 3.05) is 38.1 Å². The predicted octanol–water partition coefficient (Wildman–Crippen LogP) is 3.46. The molecule has 0 N–H and O–H groups in total. The van der Waals surface area contributed by atoms with Crippen LogP contribution in [-0.4, -0.2) is 64.4 Å². The second-order valence-electron chi connectivity index (χ2n) is 9.12. The maximum Gasteiger partial charge on any atom is 0.264 e. The molecule has 0 aromatic heterocycles. The van der Waals surface area contributed by atoms with Gasteiger partial charge in [-0.2, -0.15) is 0 Å². The van der Waals surface area contributed by atoms with Gasteiger partial charge in [0, 0.05) is 26.0 Å². The van der Waals surface area contributed by atoms with Crippen LogP contribution in [0.1, 0.15) is 58.0 Å². The number of imide groups is 1. The van der Waals surface area contributed by atoms with Gasteiger partial charge in [-0.25, -0.2) is 8.42 Å². The molecule has 182 valence electrons. The van der Waals surface area contributed by atoms with Crippen molar-refractivity contribution >= 4 is 27.3 Å². The van der Waals surface area contributed by atoms with Crippen molar-refractivity contribution in [3.05, 3.63) is 53.1 Å². The van der Waals surface area contributed by atoms with Gasteiger partial charge in [-0.15, -0.1) is 0 Å². The van der Waals surface area contributed by atoms with Crippen molar-refractivity contribution in [3.63, 3.8) is 0 Å². The number of anilines is 1. The smallest absolute Gasteiger partial charge is 0.264 e. The summed E-state index contributed by atoms with van der Waals surface area (Å²) >= 11 is 0. The van der Waals surface area contributed by atoms with Crippen LogP contribution in [0.5, 0.6) is 11.5 Å². The van der Waals surface area contributed by atoms with Crippen LogP contribution in [-0.2, 0) is 9.84 Å². The van der Waals surface area contributed by atoms with Gasteiger partial charge in [0.1, 0.15) is 9.84 Å². The highest BCUT2D eigenvalue weighted by Gasteiger charge is 2.43. The Labute approximate surface area is 200 Å². The molecule has 0 radical (unpaired) electrons. The number of rotatable bonds is 8. The SMILES string of the molecule is COc1ccc(C(CS(C)(=O)=O)N2C(=O)c3cccc(N(C)C)c3C2=O)cc1OC1CCCC1. The van der Waals surface area contributed by atoms with Gasteiger partial charge < -0.3 is 14.4 Å². The molecule has 1 heterocycles. The first kappa shape index (κ1) is 24.1. The molecule has 0 saturated heterocycles. The number of ether oxygens (including phenoxy) is 2. The fourth-order valence-electron chi connectivity index (χ4n) is 4.73. The van der Waals surface area contributed by atoms with Crippen molar-refractivity contribution in [1.82, 2.24) is 4.90 Å². The topological polar surface area (TPSA) is 93.2 Å². The number of amides is 2. The average molecular weight is 487 g/mol. The van der Waals surface area contributed by atoms with Gasteiger partial charge >= 0.3 is 0 Å². The number of carbonyl (C=O) groups is 2. The van der Waals surface area contributed by atoms with Gasteiger partial charge in [-0.1, -0.05) is 12.1 Å². The van der Waals surface area contributed by atoms with Crippen LogP contribution in [0, 0.1) is 0 Å². The van der Waals surface area contributed by atoms with Crippen LogP contribution >= 0.6 is 0 Å². The zero-order valence-corrected chi connectivity index (χ0v) is 20.7. The molecule has 9 heteroatoms. The molecule has 2 aromatic rings. The normalized spacial score (nSPS) is 17.1. The standard InChI is InChI=1S/C25H30N2O6S/c1-26(2)19-11-7-10-18-23(19)25(29)27(24(18)28)20(15-34(4,30)31)16-12-13-21(32-3)22(14-16)33-17-8-5-6-9-17/h7,10-14,17,20H,5-6,8-9,15H2,1-4H3. The molecule has 1 aliphatic heterocycles. The Morgan fingerprint density at radius 2 is 1.76 bits per heavy atom. The lowest BCUT2D eigenvalue weighted by atomic mass is 10.1. The lowest BCUT2D eigenvalue weighted by Gasteiger charge is -2.27. The summed E-state index contributed by atoms with van der Waals surface area (Å²) in [6.45, 7) is 0. The minimum absolute atomic E-state index is 0.0551. The Bertz CT molecular complexity index is 1220. The number of hydrogen-bond donors (Lipinski definition) is 0. The van der Waals surface area contributed by atoms with Crippen molar-refractivity contribution in [3.8, 4) is 11.5 Å². The molecule has 34 heavy (non-hydrogen) atoms. The second kappa shape index (κ2) is 9.29. The molecular weight excluding hydrogens is 456 g/mol. The quantitative estimate of drug-likeness (QED) is 0.528. The lowest BCUT2D eigenvalue weighted by Crippen LogP contribution is -2.38. The highest BCUT2D eigenvalue weighted by atomic mass is 32.2. The van der Waals surface area contributed by atoms with Crippen LogP contribution in [0.2, 0.25) is 0 Å². The zero-order chi connectivity index (χ0) is 24.6. The monoisotopic (exact) mass is 486 g/mol. The molecule has 1 unspecified atom stereocenters. The number of nitrogens with zero attached hydrogens (tertiary/aromatic N) is 2. The van der Waals surface area contributed by atoms with Crippen molar-refractivity contribution in [2.45, 2.75) is 37.8 Å². The van der Waals surface area contributed by atoms with Gasteiger partial charge in [-0.3, -0.25) is 14.5 Å². The lowest BCUT2D eigenvalue weighted by molar-refractivity contribution is 0.0597. The van der Waals surface area contributed by atoms with Crippen LogP contribution in [0.3, 0.4) is 0 Å². The fraction of sp³-hybridized carbons (Fsp3) is 0.440. The van der Waals surface area contributed by atoms with E-state index >= 15 is 0 Å². The summed E-state index contributed by atoms with van der Waals surface area (Å²) in [5.74, 6) is -0.411. The summed E-state index contributed by atoms with van der Waals surface area (Å²) < 4.78 is 36.4. The zero-order valence-electron chi connectivity index (χ0n) is 19.9. The first-order valence-electron chi connectivity index (χ1n) is 11.3. The van der Waals surface area contributed by atoms with Gasteiger partial charge in [-0.05, 0) is 55.5 Å². The third kappa shape index (κ3) is 4.61. The van der Waals surface area contributed by atoms with Crippen LogP contribution in [0.4, 0.5) is 5.69 Å². The van der Waals surface area contributed by atoms with Gasteiger partial charge in [0.05, 0.1) is 36.1 Å². The second-order valence-corrected chi connectivity index (χ2v) is 11.3. The van der Waals surface area contributed by atoms with Gasteiger partial charge in [0.2, 0.25) is 0 Å². The summed E-state index contributed by atoms with van der Waals surface area (Å²) in [5.41, 5.74) is 1.66. The molecule has 2 amide bonds. The summed E-state index contributed by atoms with van der Waals surface area (Å²) in [7, 11) is 1.57. The van der Waals surface area contributed by atoms with Crippen LogP contribution < -0.4 is 14.4 Å². The Balaban J connectivity index is 1.78. The Kier molecular flexibility index (Phi) is 6.58. The molecule has 8 nitrogen and oxygen atoms in total. The van der Waals surface area contributed by atoms with Crippen molar-refractivity contribution < 1.29 is 27.5 Å². The molecular formula is C25H30N2O6S. The van der Waals surface area contributed by atoms with E-state index in [4.69, 9.17) is 9.47 Å². The first-order chi connectivity index (χ1) is 16.1. The summed E-state index contributed by atoms with van der Waals surface area (Å²) in [6.07, 6.45) is 5.21. The predicted molar refractivity (Wildman–Crippen MR) is 130 cm³/mol. The highest BCUT2D eigenvalue weighted by molar-refractivity contribution is 7.90. The van der Waals surface area contributed by atoms with E-state index in [2.05, 4.69) is 0 Å². The molecule has 0 bridgehead atoms.